The summed E-state index contributed by atoms with van der Waals surface area (Å²) in [5.41, 5.74) is 2.42. The molecule has 0 radical (unpaired) electrons. The van der Waals surface area contributed by atoms with Gasteiger partial charge in [0.25, 0.3) is 5.56 Å². The van der Waals surface area contributed by atoms with Gasteiger partial charge in [-0.25, -0.2) is 13.9 Å². The third-order valence-corrected chi connectivity index (χ3v) is 6.78. The van der Waals surface area contributed by atoms with Gasteiger partial charge in [0.1, 0.15) is 11.2 Å². The number of benzene rings is 1. The molecule has 1 aliphatic rings. The molecule has 160 valence electrons. The number of rotatable bonds is 5. The maximum absolute atomic E-state index is 13.2. The van der Waals surface area contributed by atoms with Crippen LogP contribution in [0.25, 0.3) is 16.0 Å². The number of thiophene rings is 1. The van der Waals surface area contributed by atoms with Crippen molar-refractivity contribution < 1.29 is 4.79 Å². The molecule has 4 aromatic rings. The van der Waals surface area contributed by atoms with Crippen LogP contribution in [-0.4, -0.2) is 36.1 Å². The molecule has 0 aliphatic carbocycles. The van der Waals surface area contributed by atoms with Gasteiger partial charge in [0.15, 0.2) is 0 Å². The van der Waals surface area contributed by atoms with E-state index in [0.717, 1.165) is 24.8 Å². The lowest BCUT2D eigenvalue weighted by molar-refractivity contribution is -0.133. The Balaban J connectivity index is 1.52. The van der Waals surface area contributed by atoms with E-state index in [-0.39, 0.29) is 18.0 Å². The summed E-state index contributed by atoms with van der Waals surface area (Å²) in [6.07, 6.45) is 2.52. The van der Waals surface area contributed by atoms with Crippen molar-refractivity contribution in [1.82, 2.24) is 23.6 Å². The van der Waals surface area contributed by atoms with Crippen LogP contribution in [-0.2, 0) is 30.8 Å². The predicted molar refractivity (Wildman–Crippen MR) is 120 cm³/mol. The molecule has 1 aromatic carbocycles. The van der Waals surface area contributed by atoms with Crippen LogP contribution in [0.5, 0.6) is 0 Å². The first-order valence-corrected chi connectivity index (χ1v) is 11.4. The lowest BCUT2D eigenvalue weighted by Gasteiger charge is -2.28. The summed E-state index contributed by atoms with van der Waals surface area (Å²) in [5.74, 6) is 0.148. The van der Waals surface area contributed by atoms with Crippen molar-refractivity contribution in [2.45, 2.75) is 45.8 Å². The van der Waals surface area contributed by atoms with Crippen LogP contribution < -0.4 is 11.2 Å². The Hall–Kier alpha value is -3.20. The summed E-state index contributed by atoms with van der Waals surface area (Å²) in [4.78, 5) is 40.9. The Morgan fingerprint density at radius 3 is 2.77 bits per heavy atom. The zero-order valence-corrected chi connectivity index (χ0v) is 18.1. The van der Waals surface area contributed by atoms with Gasteiger partial charge in [-0.05, 0) is 35.4 Å². The van der Waals surface area contributed by atoms with Crippen molar-refractivity contribution in [3.8, 4) is 0 Å². The Bertz CT molecular complexity index is 1410. The first-order valence-electron chi connectivity index (χ1n) is 10.5. The molecule has 0 saturated carbocycles. The van der Waals surface area contributed by atoms with E-state index in [1.807, 2.05) is 25.1 Å². The zero-order valence-electron chi connectivity index (χ0n) is 17.3. The quantitative estimate of drug-likeness (QED) is 0.480. The summed E-state index contributed by atoms with van der Waals surface area (Å²) in [6, 6.07) is 9.86. The molecule has 0 unspecified atom stereocenters. The second-order valence-corrected chi connectivity index (χ2v) is 8.77. The van der Waals surface area contributed by atoms with Gasteiger partial charge >= 0.3 is 5.69 Å². The molecule has 4 heterocycles. The molecule has 0 spiro atoms. The zero-order chi connectivity index (χ0) is 21.5. The fraction of sp³-hybridized carbons (Fsp3) is 0.364. The molecule has 1 amide bonds. The minimum atomic E-state index is -0.394. The molecule has 0 N–H and O–H groups in total. The summed E-state index contributed by atoms with van der Waals surface area (Å²) < 4.78 is 4.74. The molecular weight excluding hydrogens is 414 g/mol. The molecule has 9 heteroatoms. The molecule has 0 bridgehead atoms. The molecule has 3 aromatic heterocycles. The molecule has 31 heavy (non-hydrogen) atoms. The lowest BCUT2D eigenvalue weighted by Crippen LogP contribution is -2.39. The van der Waals surface area contributed by atoms with Crippen LogP contribution in [0.3, 0.4) is 0 Å². The topological polar surface area (TPSA) is 81.6 Å². The van der Waals surface area contributed by atoms with E-state index in [1.165, 1.54) is 26.0 Å². The van der Waals surface area contributed by atoms with Gasteiger partial charge < -0.3 is 4.90 Å². The van der Waals surface area contributed by atoms with E-state index in [1.54, 1.807) is 20.9 Å². The molecule has 8 nitrogen and oxygen atoms in total. The number of nitrogens with zero attached hydrogens (tertiary/aromatic N) is 5. The van der Waals surface area contributed by atoms with Crippen molar-refractivity contribution in [2.75, 3.05) is 6.54 Å². The number of hydrogen-bond acceptors (Lipinski definition) is 5. The van der Waals surface area contributed by atoms with Crippen LogP contribution in [0, 0.1) is 0 Å². The molecule has 0 atom stereocenters. The highest BCUT2D eigenvalue weighted by atomic mass is 32.1. The maximum Gasteiger partial charge on any atom is 0.352 e. The number of aromatic nitrogens is 4. The van der Waals surface area contributed by atoms with Crippen molar-refractivity contribution in [1.29, 1.82) is 0 Å². The van der Waals surface area contributed by atoms with Crippen molar-refractivity contribution in [2.24, 2.45) is 0 Å². The van der Waals surface area contributed by atoms with E-state index >= 15 is 0 Å². The SMILES string of the molecule is CCCCn1c(=O)c2sccc2n2c(=O)n(CC(=O)N3CCc4ccccc4C3)nc12. The highest BCUT2D eigenvalue weighted by Crippen LogP contribution is 2.19. The number of carbonyl (C=O) groups excluding carboxylic acids is 1. The molecule has 0 fully saturated rings. The highest BCUT2D eigenvalue weighted by Gasteiger charge is 2.23. The standard InChI is InChI=1S/C22H23N5O3S/c1-2-3-10-25-20(29)19-17(9-12-31-19)27-21(25)23-26(22(27)30)14-18(28)24-11-8-15-6-4-5-7-16(15)13-24/h4-7,9,12H,2-3,8,10-11,13-14H2,1H3. The average Bonchev–Trinajstić information content (AvgIpc) is 3.38. The van der Waals surface area contributed by atoms with Gasteiger partial charge in [0, 0.05) is 19.6 Å². The number of unbranched alkanes of at least 4 members (excludes halogenated alkanes) is 1. The minimum absolute atomic E-state index is 0.137. The molecule has 1 aliphatic heterocycles. The van der Waals surface area contributed by atoms with Gasteiger partial charge in [0.05, 0.1) is 5.52 Å². The van der Waals surface area contributed by atoms with Gasteiger partial charge in [-0.3, -0.25) is 14.2 Å². The second kappa shape index (κ2) is 7.81. The van der Waals surface area contributed by atoms with Crippen LogP contribution in [0.4, 0.5) is 0 Å². The third kappa shape index (κ3) is 3.29. The van der Waals surface area contributed by atoms with E-state index in [4.69, 9.17) is 0 Å². The monoisotopic (exact) mass is 437 g/mol. The molecule has 0 saturated heterocycles. The lowest BCUT2D eigenvalue weighted by atomic mass is 10.00. The predicted octanol–water partition coefficient (Wildman–Crippen LogP) is 2.26. The van der Waals surface area contributed by atoms with Gasteiger partial charge in [-0.15, -0.1) is 16.4 Å². The number of hydrogen-bond donors (Lipinski definition) is 0. The number of fused-ring (bicyclic) bond motifs is 4. The summed E-state index contributed by atoms with van der Waals surface area (Å²) >= 11 is 1.32. The molecular formula is C22H23N5O3S. The van der Waals surface area contributed by atoms with E-state index in [9.17, 15) is 14.4 Å². The Morgan fingerprint density at radius 1 is 1.16 bits per heavy atom. The van der Waals surface area contributed by atoms with E-state index < -0.39 is 5.69 Å². The second-order valence-electron chi connectivity index (χ2n) is 7.85. The third-order valence-electron chi connectivity index (χ3n) is 5.89. The van der Waals surface area contributed by atoms with Crippen molar-refractivity contribution in [3.63, 3.8) is 0 Å². The van der Waals surface area contributed by atoms with Gasteiger partial charge in [-0.2, -0.15) is 0 Å². The van der Waals surface area contributed by atoms with Crippen LogP contribution in [0.15, 0.2) is 45.3 Å². The smallest absolute Gasteiger partial charge is 0.336 e. The summed E-state index contributed by atoms with van der Waals surface area (Å²) in [7, 11) is 0. The maximum atomic E-state index is 13.2. The number of carbonyl (C=O) groups is 1. The van der Waals surface area contributed by atoms with Crippen molar-refractivity contribution in [3.05, 3.63) is 67.7 Å². The Kier molecular flexibility index (Phi) is 4.97. The Labute approximate surface area is 181 Å². The fourth-order valence-electron chi connectivity index (χ4n) is 4.19. The first kappa shape index (κ1) is 19.7. The van der Waals surface area contributed by atoms with E-state index in [2.05, 4.69) is 11.2 Å². The fourth-order valence-corrected chi connectivity index (χ4v) is 5.02. The van der Waals surface area contributed by atoms with Crippen molar-refractivity contribution >= 4 is 33.2 Å². The van der Waals surface area contributed by atoms with Crippen LogP contribution >= 0.6 is 11.3 Å². The highest BCUT2D eigenvalue weighted by molar-refractivity contribution is 7.17. The van der Waals surface area contributed by atoms with Gasteiger partial charge in [0.2, 0.25) is 11.7 Å². The first-order chi connectivity index (χ1) is 15.1. The molecule has 5 rings (SSSR count). The summed E-state index contributed by atoms with van der Waals surface area (Å²) in [5, 5.41) is 6.22. The minimum Gasteiger partial charge on any atom is -0.336 e. The normalized spacial score (nSPS) is 13.8. The summed E-state index contributed by atoms with van der Waals surface area (Å²) in [6.45, 7) is 3.55. The van der Waals surface area contributed by atoms with Crippen LogP contribution in [0.1, 0.15) is 30.9 Å². The van der Waals surface area contributed by atoms with Gasteiger partial charge in [-0.1, -0.05) is 37.6 Å². The number of aryl methyl sites for hydroxylation is 1. The number of amides is 1. The van der Waals surface area contributed by atoms with E-state index in [0.29, 0.717) is 35.6 Å². The largest absolute Gasteiger partial charge is 0.352 e. The Morgan fingerprint density at radius 2 is 1.97 bits per heavy atom. The average molecular weight is 438 g/mol. The van der Waals surface area contributed by atoms with Crippen LogP contribution in [0.2, 0.25) is 0 Å².